The summed E-state index contributed by atoms with van der Waals surface area (Å²) in [6.45, 7) is 3.63. The van der Waals surface area contributed by atoms with Crippen LogP contribution >= 0.6 is 23.4 Å². The molecular weight excluding hydrogens is 350 g/mol. The van der Waals surface area contributed by atoms with Crippen LogP contribution < -0.4 is 10.9 Å². The Bertz CT molecular complexity index is 779. The summed E-state index contributed by atoms with van der Waals surface area (Å²) in [4.78, 5) is 28.8. The second-order valence-electron chi connectivity index (χ2n) is 5.02. The van der Waals surface area contributed by atoms with Gasteiger partial charge in [0.1, 0.15) is 0 Å². The van der Waals surface area contributed by atoms with Gasteiger partial charge in [-0.3, -0.25) is 14.2 Å². The van der Waals surface area contributed by atoms with Crippen molar-refractivity contribution >= 4 is 40.2 Å². The highest BCUT2D eigenvalue weighted by atomic mass is 35.5. The monoisotopic (exact) mass is 369 g/mol. The van der Waals surface area contributed by atoms with Gasteiger partial charge in [-0.2, -0.15) is 0 Å². The molecule has 1 aromatic heterocycles. The number of fused-ring (bicyclic) bond motifs is 1. The number of hydrogen-bond acceptors (Lipinski definition) is 5. The molecule has 130 valence electrons. The van der Waals surface area contributed by atoms with E-state index in [1.165, 1.54) is 11.8 Å². The SMILES string of the molecule is CCOCCCn1c(SCC(=O)NC)nc2cc(Cl)ccc2c1=O. The summed E-state index contributed by atoms with van der Waals surface area (Å²) in [7, 11) is 1.58. The maximum Gasteiger partial charge on any atom is 0.262 e. The number of rotatable bonds is 8. The Hall–Kier alpha value is -1.57. The van der Waals surface area contributed by atoms with E-state index in [0.29, 0.717) is 47.3 Å². The minimum absolute atomic E-state index is 0.124. The van der Waals surface area contributed by atoms with Crippen LogP contribution in [0.5, 0.6) is 0 Å². The molecule has 0 saturated heterocycles. The van der Waals surface area contributed by atoms with E-state index in [0.717, 1.165) is 0 Å². The summed E-state index contributed by atoms with van der Waals surface area (Å²) in [6.07, 6.45) is 0.696. The van der Waals surface area contributed by atoms with Crippen molar-refractivity contribution in [2.45, 2.75) is 25.0 Å². The van der Waals surface area contributed by atoms with E-state index >= 15 is 0 Å². The van der Waals surface area contributed by atoms with E-state index in [1.807, 2.05) is 6.92 Å². The molecule has 0 saturated carbocycles. The van der Waals surface area contributed by atoms with Crippen molar-refractivity contribution < 1.29 is 9.53 Å². The molecule has 0 spiro atoms. The molecule has 0 aliphatic carbocycles. The molecular formula is C16H20ClN3O3S. The smallest absolute Gasteiger partial charge is 0.262 e. The van der Waals surface area contributed by atoms with Gasteiger partial charge in [-0.05, 0) is 31.5 Å². The number of benzene rings is 1. The summed E-state index contributed by atoms with van der Waals surface area (Å²) in [6, 6.07) is 5.01. The standard InChI is InChI=1S/C16H20ClN3O3S/c1-3-23-8-4-7-20-15(22)12-6-5-11(17)9-13(12)19-16(20)24-10-14(21)18-2/h5-6,9H,3-4,7-8,10H2,1-2H3,(H,18,21). The Morgan fingerprint density at radius 2 is 2.25 bits per heavy atom. The molecule has 1 aromatic carbocycles. The minimum atomic E-state index is -0.132. The lowest BCUT2D eigenvalue weighted by Crippen LogP contribution is -2.25. The molecule has 2 aromatic rings. The lowest BCUT2D eigenvalue weighted by molar-refractivity contribution is -0.118. The van der Waals surface area contributed by atoms with Gasteiger partial charge in [0.05, 0.1) is 16.7 Å². The summed E-state index contributed by atoms with van der Waals surface area (Å²) in [5.74, 6) is 0.0711. The van der Waals surface area contributed by atoms with Crippen molar-refractivity contribution in [3.8, 4) is 0 Å². The third-order valence-corrected chi connectivity index (χ3v) is 4.58. The van der Waals surface area contributed by atoms with Crippen molar-refractivity contribution in [2.75, 3.05) is 26.0 Å². The first-order valence-electron chi connectivity index (χ1n) is 7.68. The molecule has 1 amide bonds. The van der Waals surface area contributed by atoms with Crippen molar-refractivity contribution in [2.24, 2.45) is 0 Å². The number of carbonyl (C=O) groups is 1. The van der Waals surface area contributed by atoms with Gasteiger partial charge in [0.2, 0.25) is 5.91 Å². The summed E-state index contributed by atoms with van der Waals surface area (Å²) >= 11 is 7.23. The molecule has 2 rings (SSSR count). The van der Waals surface area contributed by atoms with Gasteiger partial charge in [0, 0.05) is 31.8 Å². The zero-order chi connectivity index (χ0) is 17.5. The molecule has 6 nitrogen and oxygen atoms in total. The van der Waals surface area contributed by atoms with Gasteiger partial charge in [-0.15, -0.1) is 0 Å². The normalized spacial score (nSPS) is 11.0. The average Bonchev–Trinajstić information content (AvgIpc) is 2.58. The molecule has 0 bridgehead atoms. The van der Waals surface area contributed by atoms with Gasteiger partial charge < -0.3 is 10.1 Å². The number of thioether (sulfide) groups is 1. The number of ether oxygens (including phenoxy) is 1. The number of carbonyl (C=O) groups excluding carboxylic acids is 1. The number of halogens is 1. The highest BCUT2D eigenvalue weighted by molar-refractivity contribution is 7.99. The van der Waals surface area contributed by atoms with E-state index in [-0.39, 0.29) is 17.2 Å². The average molecular weight is 370 g/mol. The van der Waals surface area contributed by atoms with E-state index in [1.54, 1.807) is 29.8 Å². The van der Waals surface area contributed by atoms with Crippen LogP contribution in [0.2, 0.25) is 5.02 Å². The van der Waals surface area contributed by atoms with Crippen molar-refractivity contribution in [1.82, 2.24) is 14.9 Å². The highest BCUT2D eigenvalue weighted by Crippen LogP contribution is 2.20. The van der Waals surface area contributed by atoms with Crippen LogP contribution in [-0.4, -0.2) is 41.5 Å². The van der Waals surface area contributed by atoms with Gasteiger partial charge >= 0.3 is 0 Å². The highest BCUT2D eigenvalue weighted by Gasteiger charge is 2.13. The van der Waals surface area contributed by atoms with Crippen LogP contribution in [-0.2, 0) is 16.1 Å². The lowest BCUT2D eigenvalue weighted by atomic mass is 10.2. The summed E-state index contributed by atoms with van der Waals surface area (Å²) < 4.78 is 6.93. The zero-order valence-electron chi connectivity index (χ0n) is 13.7. The van der Waals surface area contributed by atoms with Gasteiger partial charge in [0.15, 0.2) is 5.16 Å². The molecule has 1 N–H and O–H groups in total. The van der Waals surface area contributed by atoms with Gasteiger partial charge in [-0.25, -0.2) is 4.98 Å². The second kappa shape index (κ2) is 9.05. The number of nitrogens with one attached hydrogen (secondary N) is 1. The van der Waals surface area contributed by atoms with E-state index in [4.69, 9.17) is 16.3 Å². The molecule has 24 heavy (non-hydrogen) atoms. The van der Waals surface area contributed by atoms with Gasteiger partial charge in [0.25, 0.3) is 5.56 Å². The minimum Gasteiger partial charge on any atom is -0.382 e. The van der Waals surface area contributed by atoms with Gasteiger partial charge in [-0.1, -0.05) is 23.4 Å². The lowest BCUT2D eigenvalue weighted by Gasteiger charge is -2.13. The van der Waals surface area contributed by atoms with Crippen LogP contribution in [0.3, 0.4) is 0 Å². The van der Waals surface area contributed by atoms with E-state index in [2.05, 4.69) is 10.3 Å². The molecule has 0 unspecified atom stereocenters. The van der Waals surface area contributed by atoms with Crippen LogP contribution in [0.1, 0.15) is 13.3 Å². The zero-order valence-corrected chi connectivity index (χ0v) is 15.2. The maximum atomic E-state index is 12.8. The van der Waals surface area contributed by atoms with E-state index < -0.39 is 0 Å². The van der Waals surface area contributed by atoms with Crippen molar-refractivity contribution in [3.05, 3.63) is 33.6 Å². The Morgan fingerprint density at radius 3 is 2.96 bits per heavy atom. The molecule has 0 fully saturated rings. The predicted molar refractivity (Wildman–Crippen MR) is 96.9 cm³/mol. The van der Waals surface area contributed by atoms with Crippen LogP contribution in [0.4, 0.5) is 0 Å². The Kier molecular flexibility index (Phi) is 7.08. The molecule has 8 heteroatoms. The molecule has 0 aliphatic rings. The quantitative estimate of drug-likeness (QED) is 0.439. The van der Waals surface area contributed by atoms with Crippen molar-refractivity contribution in [3.63, 3.8) is 0 Å². The third-order valence-electron chi connectivity index (χ3n) is 3.37. The number of amides is 1. The van der Waals surface area contributed by atoms with Crippen molar-refractivity contribution in [1.29, 1.82) is 0 Å². The first-order chi connectivity index (χ1) is 11.6. The summed E-state index contributed by atoms with van der Waals surface area (Å²) in [5, 5.41) is 4.10. The fraction of sp³-hybridized carbons (Fsp3) is 0.438. The maximum absolute atomic E-state index is 12.8. The van der Waals surface area contributed by atoms with E-state index in [9.17, 15) is 9.59 Å². The molecule has 0 radical (unpaired) electrons. The number of hydrogen-bond donors (Lipinski definition) is 1. The fourth-order valence-electron chi connectivity index (χ4n) is 2.15. The Balaban J connectivity index is 2.37. The number of nitrogens with zero attached hydrogens (tertiary/aromatic N) is 2. The number of aromatic nitrogens is 2. The van der Waals surface area contributed by atoms with Crippen LogP contribution in [0.25, 0.3) is 10.9 Å². The molecule has 0 aliphatic heterocycles. The topological polar surface area (TPSA) is 73.2 Å². The first kappa shape index (κ1) is 18.8. The van der Waals surface area contributed by atoms with Crippen LogP contribution in [0, 0.1) is 0 Å². The summed E-state index contributed by atoms with van der Waals surface area (Å²) in [5.41, 5.74) is 0.403. The fourth-order valence-corrected chi connectivity index (χ4v) is 3.22. The van der Waals surface area contributed by atoms with Crippen LogP contribution in [0.15, 0.2) is 28.2 Å². The molecule has 1 heterocycles. The first-order valence-corrected chi connectivity index (χ1v) is 9.04. The second-order valence-corrected chi connectivity index (χ2v) is 6.40. The largest absolute Gasteiger partial charge is 0.382 e. The predicted octanol–water partition coefficient (Wildman–Crippen LogP) is 2.31. The Morgan fingerprint density at radius 1 is 1.46 bits per heavy atom. The third kappa shape index (κ3) is 4.72. The Labute approximate surface area is 149 Å². The molecule has 0 atom stereocenters.